The summed E-state index contributed by atoms with van der Waals surface area (Å²) in [6, 6.07) is 15.7. The van der Waals surface area contributed by atoms with Crippen LogP contribution in [0.5, 0.6) is 5.75 Å². The maximum Gasteiger partial charge on any atom is 0.343 e. The summed E-state index contributed by atoms with van der Waals surface area (Å²) >= 11 is 0. The van der Waals surface area contributed by atoms with Crippen LogP contribution in [-0.4, -0.2) is 11.9 Å². The van der Waals surface area contributed by atoms with Crippen molar-refractivity contribution in [3.63, 3.8) is 0 Å². The Kier molecular flexibility index (Phi) is 5.31. The largest absolute Gasteiger partial charge is 0.421 e. The van der Waals surface area contributed by atoms with E-state index in [1.165, 1.54) is 0 Å². The lowest BCUT2D eigenvalue weighted by Gasteiger charge is -2.13. The normalized spacial score (nSPS) is 11.5. The van der Waals surface area contributed by atoms with Gasteiger partial charge in [0.2, 0.25) is 5.91 Å². The first-order chi connectivity index (χ1) is 10.6. The first-order valence-corrected chi connectivity index (χ1v) is 7.29. The third kappa shape index (κ3) is 3.95. The molecule has 1 amide bonds. The van der Waals surface area contributed by atoms with E-state index >= 15 is 0 Å². The third-order valence-electron chi connectivity index (χ3n) is 3.42. The molecular weight excluding hydrogens is 278 g/mol. The summed E-state index contributed by atoms with van der Waals surface area (Å²) in [6.45, 7) is 3.81. The number of amides is 1. The number of hydrogen-bond acceptors (Lipinski definition) is 3. The zero-order valence-electron chi connectivity index (χ0n) is 12.7. The lowest BCUT2D eigenvalue weighted by atomic mass is 10.1. The summed E-state index contributed by atoms with van der Waals surface area (Å²) in [4.78, 5) is 24.1. The van der Waals surface area contributed by atoms with Crippen LogP contribution in [0.4, 0.5) is 5.69 Å². The molecule has 1 N–H and O–H groups in total. The molecule has 0 radical (unpaired) electrons. The molecule has 114 valence electrons. The minimum atomic E-state index is -0.453. The van der Waals surface area contributed by atoms with Gasteiger partial charge in [-0.15, -0.1) is 0 Å². The summed E-state index contributed by atoms with van der Waals surface area (Å²) in [5, 5.41) is 2.80. The summed E-state index contributed by atoms with van der Waals surface area (Å²) in [7, 11) is 0. The Labute approximate surface area is 130 Å². The predicted molar refractivity (Wildman–Crippen MR) is 85.9 cm³/mol. The molecule has 0 spiro atoms. The molecule has 0 heterocycles. The van der Waals surface area contributed by atoms with Crippen molar-refractivity contribution in [1.82, 2.24) is 0 Å². The smallest absolute Gasteiger partial charge is 0.343 e. The molecule has 1 atom stereocenters. The summed E-state index contributed by atoms with van der Waals surface area (Å²) in [5.41, 5.74) is 0.961. The number of carbonyl (C=O) groups excluding carboxylic acids is 2. The fraction of sp³-hybridized carbons (Fsp3) is 0.222. The van der Waals surface area contributed by atoms with Crippen molar-refractivity contribution in [1.29, 1.82) is 0 Å². The van der Waals surface area contributed by atoms with Gasteiger partial charge in [-0.1, -0.05) is 44.2 Å². The number of carbonyl (C=O) groups is 2. The van der Waals surface area contributed by atoms with Crippen molar-refractivity contribution in [2.75, 3.05) is 5.32 Å². The minimum Gasteiger partial charge on any atom is -0.421 e. The fourth-order valence-electron chi connectivity index (χ4n) is 1.83. The number of rotatable bonds is 5. The molecule has 0 bridgehead atoms. The van der Waals surface area contributed by atoms with E-state index in [0.29, 0.717) is 17.0 Å². The van der Waals surface area contributed by atoms with E-state index in [9.17, 15) is 9.59 Å². The number of hydrogen-bond donors (Lipinski definition) is 1. The van der Waals surface area contributed by atoms with Gasteiger partial charge in [0.25, 0.3) is 0 Å². The van der Waals surface area contributed by atoms with Crippen LogP contribution in [0.25, 0.3) is 0 Å². The minimum absolute atomic E-state index is 0.0919. The van der Waals surface area contributed by atoms with Crippen LogP contribution in [0, 0.1) is 5.92 Å². The summed E-state index contributed by atoms with van der Waals surface area (Å²) < 4.78 is 5.39. The van der Waals surface area contributed by atoms with E-state index < -0.39 is 5.97 Å². The van der Waals surface area contributed by atoms with Crippen LogP contribution in [0.3, 0.4) is 0 Å². The highest BCUT2D eigenvalue weighted by molar-refractivity contribution is 5.96. The fourth-order valence-corrected chi connectivity index (χ4v) is 1.83. The predicted octanol–water partition coefficient (Wildman–Crippen LogP) is 3.89. The maximum atomic E-state index is 12.1. The molecule has 0 saturated carbocycles. The molecule has 2 aromatic rings. The Balaban J connectivity index is 2.15. The molecule has 2 aromatic carbocycles. The number of ether oxygens (including phenoxy) is 1. The van der Waals surface area contributed by atoms with Gasteiger partial charge in [-0.05, 0) is 30.7 Å². The number of para-hydroxylation sites is 2. The monoisotopic (exact) mass is 297 g/mol. The van der Waals surface area contributed by atoms with Crippen LogP contribution in [0.2, 0.25) is 0 Å². The molecule has 22 heavy (non-hydrogen) atoms. The Morgan fingerprint density at radius 3 is 2.36 bits per heavy atom. The van der Waals surface area contributed by atoms with Crippen LogP contribution in [0.1, 0.15) is 30.6 Å². The lowest BCUT2D eigenvalue weighted by molar-refractivity contribution is -0.119. The van der Waals surface area contributed by atoms with Gasteiger partial charge in [0.15, 0.2) is 5.75 Å². The topological polar surface area (TPSA) is 55.4 Å². The molecule has 1 unspecified atom stereocenters. The van der Waals surface area contributed by atoms with Crippen LogP contribution < -0.4 is 10.1 Å². The van der Waals surface area contributed by atoms with Gasteiger partial charge in [0.1, 0.15) is 0 Å². The van der Waals surface area contributed by atoms with Crippen molar-refractivity contribution in [2.45, 2.75) is 20.3 Å². The molecule has 0 aromatic heterocycles. The van der Waals surface area contributed by atoms with E-state index in [2.05, 4.69) is 5.32 Å². The SMILES string of the molecule is CCC(C)C(=O)Nc1ccccc1OC(=O)c1ccccc1. The van der Waals surface area contributed by atoms with Crippen molar-refractivity contribution in [3.05, 3.63) is 60.2 Å². The molecule has 0 fully saturated rings. The third-order valence-corrected chi connectivity index (χ3v) is 3.42. The number of benzene rings is 2. The van der Waals surface area contributed by atoms with Gasteiger partial charge in [-0.2, -0.15) is 0 Å². The summed E-state index contributed by atoms with van der Waals surface area (Å²) in [5.74, 6) is -0.303. The molecule has 0 aliphatic rings. The number of nitrogens with one attached hydrogen (secondary N) is 1. The second kappa shape index (κ2) is 7.41. The van der Waals surface area contributed by atoms with Crippen molar-refractivity contribution >= 4 is 17.6 Å². The first-order valence-electron chi connectivity index (χ1n) is 7.29. The first kappa shape index (κ1) is 15.8. The van der Waals surface area contributed by atoms with Gasteiger partial charge in [0, 0.05) is 5.92 Å². The molecule has 0 saturated heterocycles. The Morgan fingerprint density at radius 2 is 1.68 bits per heavy atom. The van der Waals surface area contributed by atoms with Crippen LogP contribution >= 0.6 is 0 Å². The van der Waals surface area contributed by atoms with Crippen molar-refractivity contribution < 1.29 is 14.3 Å². The average Bonchev–Trinajstić information content (AvgIpc) is 2.56. The van der Waals surface area contributed by atoms with Gasteiger partial charge in [-0.25, -0.2) is 4.79 Å². The Bertz CT molecular complexity index is 652. The van der Waals surface area contributed by atoms with Gasteiger partial charge >= 0.3 is 5.97 Å². The van der Waals surface area contributed by atoms with E-state index in [4.69, 9.17) is 4.74 Å². The highest BCUT2D eigenvalue weighted by atomic mass is 16.5. The molecule has 2 rings (SSSR count). The maximum absolute atomic E-state index is 12.1. The summed E-state index contributed by atoms with van der Waals surface area (Å²) in [6.07, 6.45) is 0.748. The van der Waals surface area contributed by atoms with Gasteiger partial charge < -0.3 is 10.1 Å². The number of esters is 1. The molecule has 4 nitrogen and oxygen atoms in total. The Morgan fingerprint density at radius 1 is 1.05 bits per heavy atom. The van der Waals surface area contributed by atoms with Gasteiger partial charge in [0.05, 0.1) is 11.3 Å². The lowest BCUT2D eigenvalue weighted by Crippen LogP contribution is -2.20. The Hall–Kier alpha value is -2.62. The number of anilines is 1. The van der Waals surface area contributed by atoms with E-state index in [-0.39, 0.29) is 11.8 Å². The molecule has 4 heteroatoms. The van der Waals surface area contributed by atoms with Crippen LogP contribution in [-0.2, 0) is 4.79 Å². The zero-order chi connectivity index (χ0) is 15.9. The zero-order valence-corrected chi connectivity index (χ0v) is 12.7. The highest BCUT2D eigenvalue weighted by Gasteiger charge is 2.15. The van der Waals surface area contributed by atoms with Crippen LogP contribution in [0.15, 0.2) is 54.6 Å². The van der Waals surface area contributed by atoms with Crippen molar-refractivity contribution in [3.8, 4) is 5.75 Å². The van der Waals surface area contributed by atoms with E-state index in [1.807, 2.05) is 19.9 Å². The standard InChI is InChI=1S/C18H19NO3/c1-3-13(2)17(20)19-15-11-7-8-12-16(15)22-18(21)14-9-5-4-6-10-14/h4-13H,3H2,1-2H3,(H,19,20). The van der Waals surface area contributed by atoms with Gasteiger partial charge in [-0.3, -0.25) is 4.79 Å². The quantitative estimate of drug-likeness (QED) is 0.673. The van der Waals surface area contributed by atoms with E-state index in [0.717, 1.165) is 6.42 Å². The molecule has 0 aliphatic carbocycles. The molecular formula is C18H19NO3. The van der Waals surface area contributed by atoms with E-state index in [1.54, 1.807) is 48.5 Å². The average molecular weight is 297 g/mol. The molecule has 0 aliphatic heterocycles. The second-order valence-corrected chi connectivity index (χ2v) is 5.05. The van der Waals surface area contributed by atoms with Crippen molar-refractivity contribution in [2.24, 2.45) is 5.92 Å². The highest BCUT2D eigenvalue weighted by Crippen LogP contribution is 2.25. The second-order valence-electron chi connectivity index (χ2n) is 5.05.